The molecule has 3 aromatic rings. The highest BCUT2D eigenvalue weighted by Gasteiger charge is 2.21. The van der Waals surface area contributed by atoms with E-state index < -0.39 is 6.04 Å². The summed E-state index contributed by atoms with van der Waals surface area (Å²) >= 11 is 12.0. The van der Waals surface area contributed by atoms with Gasteiger partial charge in [0.1, 0.15) is 17.6 Å². The lowest BCUT2D eigenvalue weighted by Crippen LogP contribution is -2.32. The SMILES string of the molecule is COc1cccc([C@@H](NC(=O)Cc2ccc(Cl)c(Cl)c2)c2nccn2C)c1. The minimum atomic E-state index is -0.407. The number of halogens is 2. The van der Waals surface area contributed by atoms with Crippen LogP contribution in [0.15, 0.2) is 54.9 Å². The third-order valence-electron chi connectivity index (χ3n) is 4.20. The Morgan fingerprint density at radius 2 is 2.04 bits per heavy atom. The molecule has 7 heteroatoms. The zero-order valence-corrected chi connectivity index (χ0v) is 16.5. The van der Waals surface area contributed by atoms with E-state index in [4.69, 9.17) is 27.9 Å². The van der Waals surface area contributed by atoms with Crippen LogP contribution in [-0.4, -0.2) is 22.6 Å². The summed E-state index contributed by atoms with van der Waals surface area (Å²) in [5.74, 6) is 1.29. The van der Waals surface area contributed by atoms with E-state index in [0.29, 0.717) is 15.8 Å². The number of hydrogen-bond donors (Lipinski definition) is 1. The lowest BCUT2D eigenvalue weighted by atomic mass is 10.0. The molecule has 5 nitrogen and oxygen atoms in total. The molecule has 0 fully saturated rings. The Balaban J connectivity index is 1.85. The quantitative estimate of drug-likeness (QED) is 0.671. The van der Waals surface area contributed by atoms with Crippen molar-refractivity contribution in [1.29, 1.82) is 0 Å². The number of methoxy groups -OCH3 is 1. The van der Waals surface area contributed by atoms with Gasteiger partial charge in [0.2, 0.25) is 5.91 Å². The highest BCUT2D eigenvalue weighted by atomic mass is 35.5. The molecule has 1 atom stereocenters. The van der Waals surface area contributed by atoms with Crippen molar-refractivity contribution in [3.8, 4) is 5.75 Å². The number of rotatable bonds is 6. The maximum absolute atomic E-state index is 12.7. The lowest BCUT2D eigenvalue weighted by molar-refractivity contribution is -0.121. The number of aromatic nitrogens is 2. The van der Waals surface area contributed by atoms with Gasteiger partial charge in [-0.25, -0.2) is 4.98 Å². The summed E-state index contributed by atoms with van der Waals surface area (Å²) in [6.07, 6.45) is 3.73. The third kappa shape index (κ3) is 4.62. The molecule has 0 unspecified atom stereocenters. The van der Waals surface area contributed by atoms with Gasteiger partial charge in [-0.1, -0.05) is 41.4 Å². The zero-order chi connectivity index (χ0) is 19.4. The number of amides is 1. The summed E-state index contributed by atoms with van der Waals surface area (Å²) in [5, 5.41) is 3.94. The average Bonchev–Trinajstić information content (AvgIpc) is 3.08. The van der Waals surface area contributed by atoms with Crippen molar-refractivity contribution >= 4 is 29.1 Å². The molecule has 2 aromatic carbocycles. The number of benzene rings is 2. The summed E-state index contributed by atoms with van der Waals surface area (Å²) in [7, 11) is 3.50. The average molecular weight is 404 g/mol. The topological polar surface area (TPSA) is 56.1 Å². The molecule has 1 heterocycles. The van der Waals surface area contributed by atoms with E-state index in [9.17, 15) is 4.79 Å². The molecule has 140 valence electrons. The highest BCUT2D eigenvalue weighted by molar-refractivity contribution is 6.42. The van der Waals surface area contributed by atoms with Crippen LogP contribution in [0.1, 0.15) is 23.0 Å². The first kappa shape index (κ1) is 19.3. The Morgan fingerprint density at radius 1 is 1.22 bits per heavy atom. The maximum atomic E-state index is 12.7. The Hall–Kier alpha value is -2.50. The van der Waals surface area contributed by atoms with Gasteiger partial charge in [-0.15, -0.1) is 0 Å². The van der Waals surface area contributed by atoms with Crippen molar-refractivity contribution in [2.75, 3.05) is 7.11 Å². The van der Waals surface area contributed by atoms with Crippen molar-refractivity contribution in [1.82, 2.24) is 14.9 Å². The van der Waals surface area contributed by atoms with E-state index in [1.165, 1.54) is 0 Å². The predicted octanol–water partition coefficient (Wildman–Crippen LogP) is 4.18. The van der Waals surface area contributed by atoms with Gasteiger partial charge >= 0.3 is 0 Å². The fourth-order valence-corrected chi connectivity index (χ4v) is 3.14. The second kappa shape index (κ2) is 8.46. The van der Waals surface area contributed by atoms with E-state index >= 15 is 0 Å². The molecule has 1 aromatic heterocycles. The number of ether oxygens (including phenoxy) is 1. The highest BCUT2D eigenvalue weighted by Crippen LogP contribution is 2.25. The number of carbonyl (C=O) groups is 1. The van der Waals surface area contributed by atoms with Crippen LogP contribution in [-0.2, 0) is 18.3 Å². The van der Waals surface area contributed by atoms with E-state index in [-0.39, 0.29) is 12.3 Å². The second-order valence-corrected chi connectivity index (χ2v) is 6.91. The minimum absolute atomic E-state index is 0.149. The predicted molar refractivity (Wildman–Crippen MR) is 106 cm³/mol. The molecule has 0 radical (unpaired) electrons. The van der Waals surface area contributed by atoms with Gasteiger partial charge in [-0.2, -0.15) is 0 Å². The van der Waals surface area contributed by atoms with Crippen LogP contribution in [0, 0.1) is 0 Å². The second-order valence-electron chi connectivity index (χ2n) is 6.10. The summed E-state index contributed by atoms with van der Waals surface area (Å²) in [4.78, 5) is 17.1. The molecule has 0 saturated carbocycles. The number of nitrogens with one attached hydrogen (secondary N) is 1. The summed E-state index contributed by atoms with van der Waals surface area (Å²) in [6, 6.07) is 12.3. The van der Waals surface area contributed by atoms with Gasteiger partial charge in [0.05, 0.1) is 23.6 Å². The number of nitrogens with zero attached hydrogens (tertiary/aromatic N) is 2. The van der Waals surface area contributed by atoms with Gasteiger partial charge in [0.15, 0.2) is 0 Å². The summed E-state index contributed by atoms with van der Waals surface area (Å²) in [5.41, 5.74) is 1.66. The van der Waals surface area contributed by atoms with Gasteiger partial charge in [-0.3, -0.25) is 4.79 Å². The van der Waals surface area contributed by atoms with Gasteiger partial charge < -0.3 is 14.6 Å². The van der Waals surface area contributed by atoms with E-state index in [2.05, 4.69) is 10.3 Å². The van der Waals surface area contributed by atoms with Crippen LogP contribution in [0.5, 0.6) is 5.75 Å². The summed E-state index contributed by atoms with van der Waals surface area (Å²) < 4.78 is 7.19. The zero-order valence-electron chi connectivity index (χ0n) is 14.9. The van der Waals surface area contributed by atoms with Gasteiger partial charge in [-0.05, 0) is 35.4 Å². The van der Waals surface area contributed by atoms with E-state index in [1.807, 2.05) is 42.1 Å². The molecular formula is C20H19Cl2N3O2. The third-order valence-corrected chi connectivity index (χ3v) is 4.94. The van der Waals surface area contributed by atoms with E-state index in [0.717, 1.165) is 17.0 Å². The van der Waals surface area contributed by atoms with Gasteiger partial charge in [0.25, 0.3) is 0 Å². The van der Waals surface area contributed by atoms with Crippen molar-refractivity contribution in [3.63, 3.8) is 0 Å². The van der Waals surface area contributed by atoms with Crippen LogP contribution in [0.25, 0.3) is 0 Å². The fraction of sp³-hybridized carbons (Fsp3) is 0.200. The molecule has 0 saturated heterocycles. The standard InChI is InChI=1S/C20H19Cl2N3O2/c1-25-9-8-23-20(25)19(14-4-3-5-15(12-14)27-2)24-18(26)11-13-6-7-16(21)17(22)10-13/h3-10,12,19H,11H2,1-2H3,(H,24,26)/t19-/m1/s1. The van der Waals surface area contributed by atoms with Gasteiger partial charge in [0, 0.05) is 19.4 Å². The first-order valence-corrected chi connectivity index (χ1v) is 9.08. The van der Waals surface area contributed by atoms with Crippen molar-refractivity contribution in [2.45, 2.75) is 12.5 Å². The van der Waals surface area contributed by atoms with Crippen LogP contribution >= 0.6 is 23.2 Å². The normalized spacial score (nSPS) is 11.9. The van der Waals surface area contributed by atoms with Crippen molar-refractivity contribution < 1.29 is 9.53 Å². The maximum Gasteiger partial charge on any atom is 0.225 e. The van der Waals surface area contributed by atoms with Crippen LogP contribution < -0.4 is 10.1 Å². The van der Waals surface area contributed by atoms with Crippen molar-refractivity contribution in [3.05, 3.63) is 81.9 Å². The van der Waals surface area contributed by atoms with E-state index in [1.54, 1.807) is 31.5 Å². The smallest absolute Gasteiger partial charge is 0.225 e. The molecule has 0 aliphatic carbocycles. The number of aryl methyl sites for hydroxylation is 1. The minimum Gasteiger partial charge on any atom is -0.497 e. The number of hydrogen-bond acceptors (Lipinski definition) is 3. The largest absolute Gasteiger partial charge is 0.497 e. The van der Waals surface area contributed by atoms with Crippen LogP contribution in [0.4, 0.5) is 0 Å². The fourth-order valence-electron chi connectivity index (χ4n) is 2.82. The molecule has 0 aliphatic heterocycles. The molecule has 0 spiro atoms. The van der Waals surface area contributed by atoms with Crippen LogP contribution in [0.2, 0.25) is 10.0 Å². The number of carbonyl (C=O) groups excluding carboxylic acids is 1. The molecule has 3 rings (SSSR count). The first-order chi connectivity index (χ1) is 13.0. The summed E-state index contributed by atoms with van der Waals surface area (Å²) in [6.45, 7) is 0. The Labute approximate surface area is 167 Å². The van der Waals surface area contributed by atoms with Crippen molar-refractivity contribution in [2.24, 2.45) is 7.05 Å². The Bertz CT molecular complexity index is 956. The van der Waals surface area contributed by atoms with Crippen LogP contribution in [0.3, 0.4) is 0 Å². The first-order valence-electron chi connectivity index (χ1n) is 8.32. The number of imidazole rings is 1. The Morgan fingerprint density at radius 3 is 2.70 bits per heavy atom. The monoisotopic (exact) mass is 403 g/mol. The Kier molecular flexibility index (Phi) is 6.04. The molecule has 0 aliphatic rings. The molecule has 0 bridgehead atoms. The molecule has 1 amide bonds. The molecule has 27 heavy (non-hydrogen) atoms. The lowest BCUT2D eigenvalue weighted by Gasteiger charge is -2.20. The molecular weight excluding hydrogens is 385 g/mol. The molecule has 1 N–H and O–H groups in total.